The summed E-state index contributed by atoms with van der Waals surface area (Å²) in [6, 6.07) is 3.50. The molecular formula is C14H21N3O3S. The Balaban J connectivity index is 1.84. The summed E-state index contributed by atoms with van der Waals surface area (Å²) in [5.41, 5.74) is 0. The fraction of sp³-hybridized carbons (Fsp3) is 0.571. The van der Waals surface area contributed by atoms with E-state index in [1.807, 2.05) is 17.5 Å². The molecule has 2 rings (SSSR count). The summed E-state index contributed by atoms with van der Waals surface area (Å²) in [7, 11) is 0. The van der Waals surface area contributed by atoms with Crippen LogP contribution in [-0.4, -0.2) is 42.7 Å². The first kappa shape index (κ1) is 15.9. The first-order valence-electron chi connectivity index (χ1n) is 7.02. The van der Waals surface area contributed by atoms with Crippen molar-refractivity contribution in [2.45, 2.75) is 25.5 Å². The number of carbonyl (C=O) groups excluding carboxylic acids is 2. The van der Waals surface area contributed by atoms with Crippen LogP contribution in [0.5, 0.6) is 0 Å². The minimum absolute atomic E-state index is 0.0508. The van der Waals surface area contributed by atoms with Gasteiger partial charge < -0.3 is 21.1 Å². The van der Waals surface area contributed by atoms with Crippen LogP contribution in [0, 0.1) is 5.92 Å². The summed E-state index contributed by atoms with van der Waals surface area (Å²) in [4.78, 5) is 24.3. The molecular weight excluding hydrogens is 290 g/mol. The fourth-order valence-corrected chi connectivity index (χ4v) is 3.17. The smallest absolute Gasteiger partial charge is 0.222 e. The molecule has 0 saturated carbocycles. The maximum Gasteiger partial charge on any atom is 0.222 e. The van der Waals surface area contributed by atoms with Gasteiger partial charge in [-0.3, -0.25) is 9.59 Å². The van der Waals surface area contributed by atoms with Gasteiger partial charge in [-0.25, -0.2) is 0 Å². The van der Waals surface area contributed by atoms with Gasteiger partial charge in [-0.15, -0.1) is 11.3 Å². The SMILES string of the molecule is CC(=O)NC(CC(=O)NCC1CNCC1O)c1cccs1. The highest BCUT2D eigenvalue weighted by Gasteiger charge is 2.25. The molecule has 1 aromatic rings. The van der Waals surface area contributed by atoms with E-state index < -0.39 is 6.10 Å². The number of nitrogens with one attached hydrogen (secondary N) is 3. The van der Waals surface area contributed by atoms with Crippen molar-refractivity contribution in [3.05, 3.63) is 22.4 Å². The van der Waals surface area contributed by atoms with Gasteiger partial charge in [0.05, 0.1) is 18.6 Å². The summed E-state index contributed by atoms with van der Waals surface area (Å²) < 4.78 is 0. The second kappa shape index (κ2) is 7.53. The topological polar surface area (TPSA) is 90.5 Å². The Morgan fingerprint density at radius 1 is 1.52 bits per heavy atom. The zero-order chi connectivity index (χ0) is 15.2. The van der Waals surface area contributed by atoms with Crippen LogP contribution in [0.2, 0.25) is 0 Å². The average Bonchev–Trinajstić information content (AvgIpc) is 3.06. The number of hydrogen-bond donors (Lipinski definition) is 4. The molecule has 1 saturated heterocycles. The zero-order valence-corrected chi connectivity index (χ0v) is 12.8. The molecule has 1 aromatic heterocycles. The van der Waals surface area contributed by atoms with E-state index in [9.17, 15) is 14.7 Å². The van der Waals surface area contributed by atoms with Crippen LogP contribution in [0.15, 0.2) is 17.5 Å². The van der Waals surface area contributed by atoms with E-state index in [0.29, 0.717) is 19.6 Å². The monoisotopic (exact) mass is 311 g/mol. The fourth-order valence-electron chi connectivity index (χ4n) is 2.39. The summed E-state index contributed by atoms with van der Waals surface area (Å²) in [5, 5.41) is 20.3. The van der Waals surface area contributed by atoms with Gasteiger partial charge in [0.15, 0.2) is 0 Å². The number of carbonyl (C=O) groups is 2. The molecule has 3 unspecified atom stereocenters. The van der Waals surface area contributed by atoms with Crippen molar-refractivity contribution < 1.29 is 14.7 Å². The number of rotatable bonds is 6. The molecule has 3 atom stereocenters. The third-order valence-electron chi connectivity index (χ3n) is 3.52. The Hall–Kier alpha value is -1.44. The average molecular weight is 311 g/mol. The van der Waals surface area contributed by atoms with Gasteiger partial charge >= 0.3 is 0 Å². The standard InChI is InChI=1S/C14H21N3O3S/c1-9(18)17-11(13-3-2-4-21-13)5-14(20)16-7-10-6-15-8-12(10)19/h2-4,10-12,15,19H,5-8H2,1H3,(H,16,20)(H,17,18). The van der Waals surface area contributed by atoms with Crippen molar-refractivity contribution >= 4 is 23.2 Å². The number of thiophene rings is 1. The second-order valence-corrected chi connectivity index (χ2v) is 6.24. The molecule has 2 amide bonds. The molecule has 4 N–H and O–H groups in total. The molecule has 1 fully saturated rings. The molecule has 0 bridgehead atoms. The first-order valence-corrected chi connectivity index (χ1v) is 7.90. The van der Waals surface area contributed by atoms with Gasteiger partial charge in [-0.1, -0.05) is 6.07 Å². The van der Waals surface area contributed by atoms with E-state index in [4.69, 9.17) is 0 Å². The molecule has 0 radical (unpaired) electrons. The quantitative estimate of drug-likeness (QED) is 0.596. The van der Waals surface area contributed by atoms with Crippen molar-refractivity contribution in [3.8, 4) is 0 Å². The van der Waals surface area contributed by atoms with Crippen LogP contribution in [0.25, 0.3) is 0 Å². The maximum absolute atomic E-state index is 12.0. The molecule has 6 nitrogen and oxygen atoms in total. The second-order valence-electron chi connectivity index (χ2n) is 5.26. The van der Waals surface area contributed by atoms with E-state index in [-0.39, 0.29) is 30.2 Å². The van der Waals surface area contributed by atoms with E-state index in [1.54, 1.807) is 0 Å². The Kier molecular flexibility index (Phi) is 5.72. The number of aliphatic hydroxyl groups excluding tert-OH is 1. The lowest BCUT2D eigenvalue weighted by Crippen LogP contribution is -2.37. The van der Waals surface area contributed by atoms with Crippen LogP contribution in [-0.2, 0) is 9.59 Å². The van der Waals surface area contributed by atoms with Crippen LogP contribution >= 0.6 is 11.3 Å². The highest BCUT2D eigenvalue weighted by atomic mass is 32.1. The van der Waals surface area contributed by atoms with E-state index in [0.717, 1.165) is 4.88 Å². The molecule has 1 aliphatic rings. The predicted octanol–water partition coefficient (Wildman–Crippen LogP) is 0.0119. The minimum Gasteiger partial charge on any atom is -0.391 e. The van der Waals surface area contributed by atoms with Crippen molar-refractivity contribution in [3.63, 3.8) is 0 Å². The van der Waals surface area contributed by atoms with Gasteiger partial charge in [0.1, 0.15) is 0 Å². The van der Waals surface area contributed by atoms with E-state index in [1.165, 1.54) is 18.3 Å². The molecule has 7 heteroatoms. The van der Waals surface area contributed by atoms with Crippen molar-refractivity contribution in [2.24, 2.45) is 5.92 Å². The third kappa shape index (κ3) is 4.80. The summed E-state index contributed by atoms with van der Waals surface area (Å²) in [5.74, 6) is -0.229. The molecule has 2 heterocycles. The van der Waals surface area contributed by atoms with Gasteiger partial charge in [-0.2, -0.15) is 0 Å². The summed E-state index contributed by atoms with van der Waals surface area (Å²) >= 11 is 1.51. The van der Waals surface area contributed by atoms with E-state index in [2.05, 4.69) is 16.0 Å². The minimum atomic E-state index is -0.409. The Morgan fingerprint density at radius 2 is 2.33 bits per heavy atom. The predicted molar refractivity (Wildman–Crippen MR) is 80.9 cm³/mol. The molecule has 1 aliphatic heterocycles. The highest BCUT2D eigenvalue weighted by Crippen LogP contribution is 2.22. The number of amides is 2. The Labute approximate surface area is 127 Å². The summed E-state index contributed by atoms with van der Waals surface area (Å²) in [6.45, 7) is 3.18. The van der Waals surface area contributed by atoms with Crippen molar-refractivity contribution in [1.29, 1.82) is 0 Å². The molecule has 21 heavy (non-hydrogen) atoms. The lowest BCUT2D eigenvalue weighted by Gasteiger charge is -2.18. The lowest BCUT2D eigenvalue weighted by molar-refractivity contribution is -0.123. The van der Waals surface area contributed by atoms with Crippen LogP contribution < -0.4 is 16.0 Å². The molecule has 0 aromatic carbocycles. The van der Waals surface area contributed by atoms with Gasteiger partial charge in [0, 0.05) is 37.4 Å². The van der Waals surface area contributed by atoms with Gasteiger partial charge in [0.25, 0.3) is 0 Å². The van der Waals surface area contributed by atoms with Crippen molar-refractivity contribution in [2.75, 3.05) is 19.6 Å². The highest BCUT2D eigenvalue weighted by molar-refractivity contribution is 7.10. The number of β-amino-alcohol motifs (C(OH)–C–C–N with tert-alkyl or cyclic N) is 1. The van der Waals surface area contributed by atoms with Crippen LogP contribution in [0.4, 0.5) is 0 Å². The first-order chi connectivity index (χ1) is 10.1. The number of aliphatic hydroxyl groups is 1. The maximum atomic E-state index is 12.0. The third-order valence-corrected chi connectivity index (χ3v) is 4.51. The van der Waals surface area contributed by atoms with Gasteiger partial charge in [-0.05, 0) is 11.4 Å². The van der Waals surface area contributed by atoms with Crippen LogP contribution in [0.3, 0.4) is 0 Å². The molecule has 0 aliphatic carbocycles. The molecule has 0 spiro atoms. The lowest BCUT2D eigenvalue weighted by atomic mass is 10.1. The van der Waals surface area contributed by atoms with E-state index >= 15 is 0 Å². The summed E-state index contributed by atoms with van der Waals surface area (Å²) in [6.07, 6.45) is -0.204. The van der Waals surface area contributed by atoms with Crippen LogP contribution in [0.1, 0.15) is 24.3 Å². The zero-order valence-electron chi connectivity index (χ0n) is 12.0. The Morgan fingerprint density at radius 3 is 2.90 bits per heavy atom. The largest absolute Gasteiger partial charge is 0.391 e. The molecule has 116 valence electrons. The van der Waals surface area contributed by atoms with Gasteiger partial charge in [0.2, 0.25) is 11.8 Å². The number of hydrogen-bond acceptors (Lipinski definition) is 5. The normalized spacial score (nSPS) is 22.8. The van der Waals surface area contributed by atoms with Crippen molar-refractivity contribution in [1.82, 2.24) is 16.0 Å². The Bertz CT molecular complexity index is 478.